The van der Waals surface area contributed by atoms with Crippen molar-refractivity contribution in [2.75, 3.05) is 54.9 Å². The molecule has 8 heterocycles. The zero-order valence-corrected chi connectivity index (χ0v) is 47.0. The van der Waals surface area contributed by atoms with Gasteiger partial charge in [0, 0.05) is 80.3 Å². The second-order valence-electron chi connectivity index (χ2n) is 23.2. The molecule has 2 aromatic carbocycles. The van der Waals surface area contributed by atoms with Gasteiger partial charge in [0.05, 0.1) is 46.2 Å². The average Bonchev–Trinajstić information content (AvgIpc) is 4.40. The first kappa shape index (κ1) is 54.1. The average molecular weight is 1090 g/mol. The summed E-state index contributed by atoms with van der Waals surface area (Å²) in [6, 6.07) is 23.0. The molecular weight excluding hydrogens is 1020 g/mol. The molecule has 1 saturated carbocycles. The number of phenols is 1. The van der Waals surface area contributed by atoms with Crippen LogP contribution in [0.2, 0.25) is 0 Å². The maximum absolute atomic E-state index is 14.3. The Labute approximate surface area is 466 Å². The number of carbonyl (C=O) groups excluding carboxylic acids is 2. The Hall–Kier alpha value is -6.83. The van der Waals surface area contributed by atoms with Crippen LogP contribution >= 0.6 is 11.3 Å². The Kier molecular flexibility index (Phi) is 15.8. The molecule has 0 spiro atoms. The number of pyridine rings is 1. The SMILES string of the molecule is Cc1ncsc1-c1ccc([C@H](C)NC(=O)[C@@H]2C[C@@H](O)CN2C(=O)[C@H](c2cc(OCC[C@H]3CCN(CC4CC(Oc5cc(N6C7CC[C@@H]6CN(c6cc(-c8ccccc8O)nnc6N)C7)ccn5)C4)[C@@H](C)[C@H]3C)no2)C(C)C)cc1. The second kappa shape index (κ2) is 23.1. The number of aromatic hydroxyl groups is 1. The number of aliphatic hydroxyl groups excluding tert-OH is 1. The van der Waals surface area contributed by atoms with Gasteiger partial charge in [0.25, 0.3) is 5.88 Å². The van der Waals surface area contributed by atoms with Crippen molar-refractivity contribution in [3.63, 3.8) is 0 Å². The number of amides is 2. The van der Waals surface area contributed by atoms with Crippen LogP contribution in [-0.4, -0.2) is 133 Å². The van der Waals surface area contributed by atoms with Gasteiger partial charge in [0.2, 0.25) is 17.7 Å². The molecule has 18 nitrogen and oxygen atoms in total. The molecule has 11 rings (SSSR count). The molecule has 418 valence electrons. The highest BCUT2D eigenvalue weighted by Gasteiger charge is 2.45. The summed E-state index contributed by atoms with van der Waals surface area (Å²) in [5.74, 6) is 2.04. The molecule has 2 bridgehead atoms. The highest BCUT2D eigenvalue weighted by atomic mass is 32.1. The smallest absolute Gasteiger partial charge is 0.254 e. The molecule has 5 aliphatic rings. The molecule has 1 unspecified atom stereocenters. The number of nitrogens with zero attached hydrogens (tertiary/aromatic N) is 9. The minimum Gasteiger partial charge on any atom is -0.507 e. The van der Waals surface area contributed by atoms with Crippen LogP contribution in [0, 0.1) is 30.6 Å². The number of aryl methyl sites for hydroxylation is 1. The van der Waals surface area contributed by atoms with Crippen LogP contribution in [0.4, 0.5) is 17.2 Å². The number of fused-ring (bicyclic) bond motifs is 2. The van der Waals surface area contributed by atoms with Gasteiger partial charge in [-0.25, -0.2) is 9.97 Å². The molecule has 4 aromatic heterocycles. The number of likely N-dealkylation sites (tertiary alicyclic amines) is 2. The lowest BCUT2D eigenvalue weighted by Gasteiger charge is -2.46. The fraction of sp³-hybridized carbons (Fsp3) is 0.517. The third-order valence-electron chi connectivity index (χ3n) is 17.8. The Morgan fingerprint density at radius 1 is 0.924 bits per heavy atom. The van der Waals surface area contributed by atoms with Gasteiger partial charge in [-0.1, -0.05) is 57.2 Å². The molecule has 5 N–H and O–H groups in total. The third kappa shape index (κ3) is 11.5. The molecule has 4 aliphatic heterocycles. The highest BCUT2D eigenvalue weighted by molar-refractivity contribution is 7.13. The summed E-state index contributed by atoms with van der Waals surface area (Å²) >= 11 is 1.60. The number of hydrogen-bond acceptors (Lipinski definition) is 17. The first-order valence-corrected chi connectivity index (χ1v) is 29.2. The number of phenolic OH excluding ortho intramolecular Hbond substituents is 1. The zero-order chi connectivity index (χ0) is 55.1. The van der Waals surface area contributed by atoms with Crippen molar-refractivity contribution >= 4 is 40.3 Å². The molecule has 5 fully saturated rings. The van der Waals surface area contributed by atoms with Crippen molar-refractivity contribution in [2.45, 2.75) is 135 Å². The Balaban J connectivity index is 0.620. The fourth-order valence-electron chi connectivity index (χ4n) is 13.1. The van der Waals surface area contributed by atoms with Gasteiger partial charge in [-0.05, 0) is 130 Å². The van der Waals surface area contributed by atoms with Crippen molar-refractivity contribution in [1.29, 1.82) is 0 Å². The summed E-state index contributed by atoms with van der Waals surface area (Å²) in [4.78, 5) is 47.3. The normalized spacial score (nSPS) is 25.8. The van der Waals surface area contributed by atoms with E-state index in [4.69, 9.17) is 19.7 Å². The van der Waals surface area contributed by atoms with Crippen LogP contribution in [0.1, 0.15) is 109 Å². The number of ether oxygens (including phenoxy) is 2. The van der Waals surface area contributed by atoms with Crippen molar-refractivity contribution in [3.8, 4) is 39.2 Å². The molecule has 19 heteroatoms. The number of rotatable bonds is 18. The monoisotopic (exact) mass is 1090 g/mol. The van der Waals surface area contributed by atoms with Gasteiger partial charge >= 0.3 is 0 Å². The van der Waals surface area contributed by atoms with E-state index in [-0.39, 0.29) is 48.6 Å². The van der Waals surface area contributed by atoms with Gasteiger partial charge in [0.15, 0.2) is 11.6 Å². The van der Waals surface area contributed by atoms with Gasteiger partial charge in [-0.15, -0.1) is 21.5 Å². The number of β-amino-alcohol motifs (C(OH)–C–C–N with tert-alkyl or cyclic N) is 1. The lowest BCUT2D eigenvalue weighted by molar-refractivity contribution is -0.141. The highest BCUT2D eigenvalue weighted by Crippen LogP contribution is 2.42. The largest absolute Gasteiger partial charge is 0.507 e. The number of anilines is 3. The number of thiazole rings is 1. The Morgan fingerprint density at radius 3 is 2.43 bits per heavy atom. The van der Waals surface area contributed by atoms with Crippen molar-refractivity contribution < 1.29 is 33.8 Å². The van der Waals surface area contributed by atoms with Crippen LogP contribution in [0.25, 0.3) is 21.7 Å². The van der Waals surface area contributed by atoms with Crippen LogP contribution in [-0.2, 0) is 9.59 Å². The maximum Gasteiger partial charge on any atom is 0.254 e. The van der Waals surface area contributed by atoms with E-state index < -0.39 is 18.1 Å². The number of nitrogen functional groups attached to an aromatic ring is 1. The van der Waals surface area contributed by atoms with Crippen LogP contribution < -0.4 is 30.3 Å². The summed E-state index contributed by atoms with van der Waals surface area (Å²) in [6.45, 7) is 16.8. The molecule has 6 aromatic rings. The molecule has 1 aliphatic carbocycles. The van der Waals surface area contributed by atoms with Gasteiger partial charge in [-0.3, -0.25) is 9.59 Å². The minimum absolute atomic E-state index is 0.0605. The van der Waals surface area contributed by atoms with E-state index in [1.165, 1.54) is 4.90 Å². The first-order chi connectivity index (χ1) is 38.1. The van der Waals surface area contributed by atoms with Gasteiger partial charge < -0.3 is 54.9 Å². The Morgan fingerprint density at radius 2 is 1.70 bits per heavy atom. The number of nitrogens with one attached hydrogen (secondary N) is 1. The van der Waals surface area contributed by atoms with E-state index >= 15 is 0 Å². The first-order valence-electron chi connectivity index (χ1n) is 28.4. The summed E-state index contributed by atoms with van der Waals surface area (Å²) in [5, 5.41) is 37.2. The van der Waals surface area contributed by atoms with Gasteiger partial charge in [-0.2, -0.15) is 0 Å². The number of piperazine rings is 1. The number of piperidine rings is 1. The van der Waals surface area contributed by atoms with E-state index in [9.17, 15) is 19.8 Å². The molecule has 0 radical (unpaired) electrons. The van der Waals surface area contributed by atoms with Crippen LogP contribution in [0.15, 0.2) is 89.0 Å². The van der Waals surface area contributed by atoms with E-state index in [2.05, 4.69) is 71.3 Å². The molecule has 4 saturated heterocycles. The lowest BCUT2D eigenvalue weighted by Crippen LogP contribution is -2.54. The molecular formula is C60H75N11O7S. The lowest BCUT2D eigenvalue weighted by atomic mass is 9.77. The number of hydrogen-bond donors (Lipinski definition) is 4. The maximum atomic E-state index is 14.3. The standard InChI is InChI=1S/C60H75N11O7S/c1-34(2)56(60(75)70-32-46(72)26-51(70)59(74)64-36(4)41-11-13-42(14-12-41)57-37(5)63-33-79-57)53-28-55(67-78-53)76-22-19-40-18-21-68(38(6)35(40)3)29-39-23-47(24-39)77-54-25-43(17-20-62-54)71-44-15-16-45(71)31-69(30-44)50-27-49(65-66-58(50)61)48-9-7-8-10-52(48)73/h7-14,17,20,25,27-28,33-36,38-40,44-47,51,56,72-73H,15-16,18-19,21-24,26,29-32H2,1-6H3,(H2,61,66)(H,64,74)/t35-,36+,38+,39?,40-,44-,45?,46-,47?,51+,56+/m1/s1. The van der Waals surface area contributed by atoms with Crippen molar-refractivity contribution in [1.82, 2.24) is 40.4 Å². The molecule has 9 atom stereocenters. The number of para-hydroxylation sites is 1. The predicted molar refractivity (Wildman–Crippen MR) is 304 cm³/mol. The number of nitrogens with two attached hydrogens (primary N) is 1. The van der Waals surface area contributed by atoms with E-state index in [1.54, 1.807) is 29.5 Å². The van der Waals surface area contributed by atoms with Crippen LogP contribution in [0.5, 0.6) is 17.5 Å². The second-order valence-corrected chi connectivity index (χ2v) is 24.1. The minimum atomic E-state index is -0.824. The summed E-state index contributed by atoms with van der Waals surface area (Å²) in [7, 11) is 0. The molecule has 79 heavy (non-hydrogen) atoms. The molecule has 2 amide bonds. The topological polar surface area (TPSA) is 222 Å². The number of aliphatic hydroxyl groups is 1. The summed E-state index contributed by atoms with van der Waals surface area (Å²) < 4.78 is 18.5. The van der Waals surface area contributed by atoms with Crippen molar-refractivity contribution in [2.24, 2.45) is 23.7 Å². The zero-order valence-electron chi connectivity index (χ0n) is 46.1. The summed E-state index contributed by atoms with van der Waals surface area (Å²) in [5.41, 5.74) is 14.5. The van der Waals surface area contributed by atoms with Crippen molar-refractivity contribution in [3.05, 3.63) is 102 Å². The third-order valence-corrected chi connectivity index (χ3v) is 18.8. The fourth-order valence-corrected chi connectivity index (χ4v) is 14.0. The number of carbonyl (C=O) groups is 2. The van der Waals surface area contributed by atoms with E-state index in [0.717, 1.165) is 97.8 Å². The summed E-state index contributed by atoms with van der Waals surface area (Å²) in [6.07, 6.45) is 7.51. The number of aromatic nitrogens is 5. The van der Waals surface area contributed by atoms with Crippen LogP contribution in [0.3, 0.4) is 0 Å². The van der Waals surface area contributed by atoms with Gasteiger partial charge in [0.1, 0.15) is 23.8 Å². The Bertz CT molecular complexity index is 3080. The predicted octanol–water partition coefficient (Wildman–Crippen LogP) is 8.66. The van der Waals surface area contributed by atoms with E-state index in [1.807, 2.05) is 81.9 Å². The van der Waals surface area contributed by atoms with E-state index in [0.29, 0.717) is 77.1 Å². The number of benzene rings is 2. The quantitative estimate of drug-likeness (QED) is 0.0632.